The van der Waals surface area contributed by atoms with E-state index < -0.39 is 29.5 Å². The van der Waals surface area contributed by atoms with Crippen LogP contribution in [0, 0.1) is 5.82 Å². The summed E-state index contributed by atoms with van der Waals surface area (Å²) < 4.78 is 15.0. The number of carbonyl (C=O) groups excluding carboxylic acids is 1. The van der Waals surface area contributed by atoms with E-state index in [0.717, 1.165) is 10.1 Å². The molecule has 3 N–H and O–H groups in total. The van der Waals surface area contributed by atoms with Gasteiger partial charge >= 0.3 is 5.69 Å². The molecule has 0 atom stereocenters. The fourth-order valence-corrected chi connectivity index (χ4v) is 3.35. The molecule has 0 aliphatic carbocycles. The number of nitrogens with zero attached hydrogens (tertiary/aromatic N) is 1. The number of carbonyl (C=O) groups is 1. The van der Waals surface area contributed by atoms with Crippen molar-refractivity contribution < 1.29 is 9.18 Å². The highest BCUT2D eigenvalue weighted by Crippen LogP contribution is 2.27. The topological polar surface area (TPSA) is 99.8 Å². The number of rotatable bonds is 6. The molecule has 0 saturated carbocycles. The zero-order valence-electron chi connectivity index (χ0n) is 15.9. The Hall–Kier alpha value is -3.94. The van der Waals surface area contributed by atoms with E-state index in [9.17, 15) is 18.8 Å². The van der Waals surface area contributed by atoms with Crippen LogP contribution < -0.4 is 16.6 Å². The Balaban J connectivity index is 1.55. The molecule has 1 amide bonds. The van der Waals surface area contributed by atoms with Crippen molar-refractivity contribution in [2.75, 3.05) is 6.54 Å². The average Bonchev–Trinajstić information content (AvgIpc) is 3.16. The molecular formula is C22H19FN4O3. The quantitative estimate of drug-likeness (QED) is 0.458. The van der Waals surface area contributed by atoms with Crippen LogP contribution in [0.3, 0.4) is 0 Å². The van der Waals surface area contributed by atoms with Gasteiger partial charge in [0.25, 0.3) is 5.56 Å². The molecule has 0 fully saturated rings. The van der Waals surface area contributed by atoms with Crippen LogP contribution in [0.4, 0.5) is 4.39 Å². The molecule has 2 aromatic carbocycles. The van der Waals surface area contributed by atoms with Crippen molar-refractivity contribution in [2.24, 2.45) is 0 Å². The molecule has 7 nitrogen and oxygen atoms in total. The number of hydrogen-bond donors (Lipinski definition) is 3. The summed E-state index contributed by atoms with van der Waals surface area (Å²) in [5.41, 5.74) is 0.631. The van der Waals surface area contributed by atoms with Gasteiger partial charge in [-0.3, -0.25) is 9.59 Å². The fraction of sp³-hybridized carbons (Fsp3) is 0.136. The Morgan fingerprint density at radius 1 is 0.967 bits per heavy atom. The highest BCUT2D eigenvalue weighted by atomic mass is 19.1. The Morgan fingerprint density at radius 2 is 1.70 bits per heavy atom. The molecule has 152 valence electrons. The highest BCUT2D eigenvalue weighted by molar-refractivity contribution is 5.92. The molecule has 0 aliphatic heterocycles. The lowest BCUT2D eigenvalue weighted by atomic mass is 10.1. The third kappa shape index (κ3) is 3.80. The van der Waals surface area contributed by atoms with Crippen molar-refractivity contribution in [2.45, 2.75) is 13.0 Å². The summed E-state index contributed by atoms with van der Waals surface area (Å²) in [4.78, 5) is 42.8. The van der Waals surface area contributed by atoms with Crippen LogP contribution in [0.1, 0.15) is 5.56 Å². The minimum absolute atomic E-state index is 0.102. The van der Waals surface area contributed by atoms with Gasteiger partial charge in [-0.05, 0) is 18.1 Å². The number of fused-ring (bicyclic) bond motifs is 1. The maximum Gasteiger partial charge on any atom is 0.329 e. The van der Waals surface area contributed by atoms with E-state index >= 15 is 0 Å². The van der Waals surface area contributed by atoms with Crippen molar-refractivity contribution in [1.82, 2.24) is 19.9 Å². The Morgan fingerprint density at radius 3 is 2.47 bits per heavy atom. The second-order valence-electron chi connectivity index (χ2n) is 6.84. The first-order valence-corrected chi connectivity index (χ1v) is 9.44. The Kier molecular flexibility index (Phi) is 5.30. The molecule has 0 saturated heterocycles. The van der Waals surface area contributed by atoms with Gasteiger partial charge in [0.15, 0.2) is 0 Å². The first-order chi connectivity index (χ1) is 14.5. The SMILES string of the molecule is O=C(Cn1c(=O)[nH]c2c(-c3ccccc3F)c[nH]c2c1=O)NCCc1ccccc1. The molecule has 4 aromatic rings. The lowest BCUT2D eigenvalue weighted by molar-refractivity contribution is -0.121. The van der Waals surface area contributed by atoms with Crippen molar-refractivity contribution in [1.29, 1.82) is 0 Å². The van der Waals surface area contributed by atoms with Crippen molar-refractivity contribution in [3.05, 3.63) is 93.0 Å². The van der Waals surface area contributed by atoms with E-state index in [2.05, 4.69) is 15.3 Å². The van der Waals surface area contributed by atoms with Crippen LogP contribution in [0.25, 0.3) is 22.2 Å². The summed E-state index contributed by atoms with van der Waals surface area (Å²) in [5, 5.41) is 2.71. The van der Waals surface area contributed by atoms with Crippen molar-refractivity contribution in [3.8, 4) is 11.1 Å². The van der Waals surface area contributed by atoms with E-state index in [1.807, 2.05) is 30.3 Å². The van der Waals surface area contributed by atoms with Crippen molar-refractivity contribution >= 4 is 16.9 Å². The van der Waals surface area contributed by atoms with Gasteiger partial charge < -0.3 is 15.3 Å². The van der Waals surface area contributed by atoms with Crippen LogP contribution in [0.5, 0.6) is 0 Å². The monoisotopic (exact) mass is 406 g/mol. The number of aromatic amines is 2. The molecule has 2 aromatic heterocycles. The van der Waals surface area contributed by atoms with Crippen LogP contribution in [-0.2, 0) is 17.8 Å². The predicted molar refractivity (Wildman–Crippen MR) is 112 cm³/mol. The minimum atomic E-state index is -0.733. The summed E-state index contributed by atoms with van der Waals surface area (Å²) in [6.07, 6.45) is 2.10. The number of H-pyrrole nitrogens is 2. The molecule has 30 heavy (non-hydrogen) atoms. The number of halogens is 1. The van der Waals surface area contributed by atoms with Crippen LogP contribution in [0.15, 0.2) is 70.4 Å². The largest absolute Gasteiger partial charge is 0.355 e. The summed E-state index contributed by atoms with van der Waals surface area (Å²) in [6.45, 7) is -0.0232. The number of nitrogens with one attached hydrogen (secondary N) is 3. The molecule has 0 radical (unpaired) electrons. The average molecular weight is 406 g/mol. The molecule has 0 bridgehead atoms. The Bertz CT molecular complexity index is 1320. The van der Waals surface area contributed by atoms with Gasteiger partial charge in [0.1, 0.15) is 17.9 Å². The van der Waals surface area contributed by atoms with Gasteiger partial charge in [-0.15, -0.1) is 0 Å². The first kappa shape index (κ1) is 19.4. The molecule has 8 heteroatoms. The van der Waals surface area contributed by atoms with Crippen LogP contribution >= 0.6 is 0 Å². The minimum Gasteiger partial charge on any atom is -0.355 e. The third-order valence-electron chi connectivity index (χ3n) is 4.86. The van der Waals surface area contributed by atoms with Gasteiger partial charge in [-0.1, -0.05) is 48.5 Å². The fourth-order valence-electron chi connectivity index (χ4n) is 3.35. The van der Waals surface area contributed by atoms with E-state index in [4.69, 9.17) is 0 Å². The summed E-state index contributed by atoms with van der Waals surface area (Å²) >= 11 is 0. The second-order valence-corrected chi connectivity index (χ2v) is 6.84. The van der Waals surface area contributed by atoms with Gasteiger partial charge in [0.05, 0.1) is 5.52 Å². The third-order valence-corrected chi connectivity index (χ3v) is 4.86. The number of amides is 1. The second kappa shape index (κ2) is 8.20. The van der Waals surface area contributed by atoms with E-state index in [-0.39, 0.29) is 16.6 Å². The lowest BCUT2D eigenvalue weighted by Gasteiger charge is -2.07. The first-order valence-electron chi connectivity index (χ1n) is 9.44. The van der Waals surface area contributed by atoms with Gasteiger partial charge in [-0.25, -0.2) is 13.8 Å². The summed E-state index contributed by atoms with van der Waals surface area (Å²) in [5.74, 6) is -0.917. The van der Waals surface area contributed by atoms with Gasteiger partial charge in [-0.2, -0.15) is 0 Å². The smallest absolute Gasteiger partial charge is 0.329 e. The van der Waals surface area contributed by atoms with E-state index in [1.54, 1.807) is 18.2 Å². The van der Waals surface area contributed by atoms with Crippen LogP contribution in [0.2, 0.25) is 0 Å². The van der Waals surface area contributed by atoms with Crippen LogP contribution in [-0.4, -0.2) is 27.0 Å². The maximum absolute atomic E-state index is 14.1. The molecule has 0 spiro atoms. The molecule has 0 unspecified atom stereocenters. The van der Waals surface area contributed by atoms with Crippen molar-refractivity contribution in [3.63, 3.8) is 0 Å². The maximum atomic E-state index is 14.1. The Labute approximate surface area is 170 Å². The standard InChI is InChI=1S/C22H19FN4O3/c23-17-9-5-4-8-15(17)16-12-25-20-19(16)26-22(30)27(21(20)29)13-18(28)24-11-10-14-6-2-1-3-7-14/h1-9,12,25H,10-11,13H2,(H,24,28)(H,26,30). The normalized spacial score (nSPS) is 11.0. The number of aromatic nitrogens is 3. The van der Waals surface area contributed by atoms with Gasteiger partial charge in [0.2, 0.25) is 5.91 Å². The molecule has 0 aliphatic rings. The number of benzene rings is 2. The molecule has 4 rings (SSSR count). The van der Waals surface area contributed by atoms with E-state index in [0.29, 0.717) is 18.5 Å². The zero-order valence-corrected chi connectivity index (χ0v) is 15.9. The predicted octanol–water partition coefficient (Wildman–Crippen LogP) is 2.18. The zero-order chi connectivity index (χ0) is 21.1. The number of hydrogen-bond acceptors (Lipinski definition) is 3. The lowest BCUT2D eigenvalue weighted by Crippen LogP contribution is -2.41. The molecule has 2 heterocycles. The summed E-state index contributed by atoms with van der Waals surface area (Å²) in [7, 11) is 0. The molecular weight excluding hydrogens is 387 g/mol. The highest BCUT2D eigenvalue weighted by Gasteiger charge is 2.17. The summed E-state index contributed by atoms with van der Waals surface area (Å²) in [6, 6.07) is 15.7. The van der Waals surface area contributed by atoms with E-state index in [1.165, 1.54) is 12.3 Å². The van der Waals surface area contributed by atoms with Gasteiger partial charge in [0, 0.05) is 23.9 Å².